The molecule has 0 N–H and O–H groups in total. The van der Waals surface area contributed by atoms with E-state index in [0.29, 0.717) is 88.8 Å². The zero-order valence-electron chi connectivity index (χ0n) is 81.7. The molecule has 119 heavy (non-hydrogen) atoms. The highest BCUT2D eigenvalue weighted by Gasteiger charge is 2.31. The number of benzene rings is 8. The van der Waals surface area contributed by atoms with Crippen LogP contribution in [0.2, 0.25) is 0 Å². The molecular weight excluding hydrogens is 1440 g/mol. The van der Waals surface area contributed by atoms with Crippen LogP contribution >= 0.6 is 0 Å². The van der Waals surface area contributed by atoms with E-state index in [2.05, 4.69) is 458 Å². The Balaban J connectivity index is 0.000000181. The molecule has 0 fully saturated rings. The predicted octanol–water partition coefficient (Wildman–Crippen LogP) is 30.7. The summed E-state index contributed by atoms with van der Waals surface area (Å²) in [6.07, 6.45) is 8.89. The third kappa shape index (κ3) is 21.1. The highest BCUT2D eigenvalue weighted by molar-refractivity contribution is 5.98. The van der Waals surface area contributed by atoms with Crippen molar-refractivity contribution in [3.8, 4) is 45.0 Å². The van der Waals surface area contributed by atoms with Crippen LogP contribution in [0, 0.1) is 88.9 Å². The van der Waals surface area contributed by atoms with Gasteiger partial charge in [-0.3, -0.25) is 0 Å². The van der Waals surface area contributed by atoms with Crippen molar-refractivity contribution in [2.24, 2.45) is 75.5 Å². The van der Waals surface area contributed by atoms with Crippen LogP contribution in [0.1, 0.15) is 319 Å². The van der Waals surface area contributed by atoms with Crippen molar-refractivity contribution in [3.05, 3.63) is 260 Å². The second-order valence-corrected chi connectivity index (χ2v) is 41.8. The summed E-state index contributed by atoms with van der Waals surface area (Å²) in [5, 5.41) is 10.7. The molecule has 634 valence electrons. The molecule has 4 nitrogen and oxygen atoms in total. The van der Waals surface area contributed by atoms with Gasteiger partial charge in [-0.2, -0.15) is 0 Å². The molecule has 12 rings (SSSR count). The lowest BCUT2D eigenvalue weighted by Crippen LogP contribution is -2.31. The molecule has 4 heteroatoms. The van der Waals surface area contributed by atoms with Crippen molar-refractivity contribution >= 4 is 43.1 Å². The Morgan fingerprint density at radius 3 is 0.782 bits per heavy atom. The van der Waals surface area contributed by atoms with Crippen LogP contribution in [-0.4, -0.2) is 0 Å². The molecule has 0 amide bonds. The average molecular weight is 1600 g/mol. The van der Waals surface area contributed by atoms with Crippen LogP contribution in [0.5, 0.6) is 0 Å². The molecule has 0 aliphatic carbocycles. The minimum atomic E-state index is 0.130. The Morgan fingerprint density at radius 2 is 0.496 bits per heavy atom. The molecule has 0 aliphatic heterocycles. The van der Waals surface area contributed by atoms with E-state index in [1.54, 1.807) is 0 Å². The summed E-state index contributed by atoms with van der Waals surface area (Å²) >= 11 is 0. The lowest BCUT2D eigenvalue weighted by Gasteiger charge is -2.26. The summed E-state index contributed by atoms with van der Waals surface area (Å²) in [5.74, 6) is 8.99. The summed E-state index contributed by atoms with van der Waals surface area (Å²) in [4.78, 5) is 0. The molecule has 0 radical (unpaired) electrons. The minimum Gasteiger partial charge on any atom is -0.200 e. The summed E-state index contributed by atoms with van der Waals surface area (Å²) in [5.41, 5.74) is 32.1. The molecule has 0 bridgehead atoms. The Morgan fingerprint density at radius 1 is 0.227 bits per heavy atom. The summed E-state index contributed by atoms with van der Waals surface area (Å²) < 4.78 is 9.16. The molecule has 0 unspecified atom stereocenters. The van der Waals surface area contributed by atoms with Crippen molar-refractivity contribution in [2.75, 3.05) is 0 Å². The lowest BCUT2D eigenvalue weighted by atomic mass is 9.79. The first-order chi connectivity index (χ1) is 55.5. The maximum atomic E-state index is 2.44. The van der Waals surface area contributed by atoms with Gasteiger partial charge in [0.2, 0.25) is 22.8 Å². The smallest absolute Gasteiger partial charge is 0.200 e. The number of aromatic nitrogens is 4. The number of hydrogen-bond donors (Lipinski definition) is 0. The quantitative estimate of drug-likeness (QED) is 0.0717. The number of hydrogen-bond acceptors (Lipinski definition) is 0. The van der Waals surface area contributed by atoms with Gasteiger partial charge >= 0.3 is 0 Å². The molecule has 4 aromatic heterocycles. The molecule has 12 aromatic rings. The normalized spacial score (nSPS) is 12.4. The Labute approximate surface area is 724 Å². The number of pyridine rings is 4. The van der Waals surface area contributed by atoms with Gasteiger partial charge in [0.25, 0.3) is 0 Å². The summed E-state index contributed by atoms with van der Waals surface area (Å²) in [6.45, 7) is 78.5. The van der Waals surface area contributed by atoms with Crippen LogP contribution < -0.4 is 18.3 Å². The highest BCUT2D eigenvalue weighted by atomic mass is 14.9. The molecule has 0 aliphatic rings. The monoisotopic (exact) mass is 1600 g/mol. The number of fused-ring (bicyclic) bond motifs is 4. The van der Waals surface area contributed by atoms with E-state index in [-0.39, 0.29) is 10.8 Å². The lowest BCUT2D eigenvalue weighted by molar-refractivity contribution is -0.659. The van der Waals surface area contributed by atoms with Crippen molar-refractivity contribution < 1.29 is 18.3 Å². The third-order valence-corrected chi connectivity index (χ3v) is 26.7. The molecule has 0 atom stereocenters. The van der Waals surface area contributed by atoms with E-state index in [1.165, 1.54) is 172 Å². The van der Waals surface area contributed by atoms with E-state index in [1.807, 2.05) is 0 Å². The largest absolute Gasteiger partial charge is 0.220 e. The van der Waals surface area contributed by atoms with E-state index in [0.717, 1.165) is 0 Å². The number of rotatable bonds is 19. The first-order valence-corrected chi connectivity index (χ1v) is 45.7. The van der Waals surface area contributed by atoms with E-state index in [9.17, 15) is 0 Å². The van der Waals surface area contributed by atoms with Gasteiger partial charge in [0.05, 0.1) is 38.2 Å². The van der Waals surface area contributed by atoms with Gasteiger partial charge in [-0.1, -0.05) is 273 Å². The third-order valence-electron chi connectivity index (χ3n) is 26.7. The van der Waals surface area contributed by atoms with Gasteiger partial charge < -0.3 is 0 Å². The SMILES string of the molecule is Cc1c(-c2c3ccc(C(C(C)C)C(C)C)cc3cc[n+]2C)cc(C(C)C)cc1C(C)C.Cc1cc(C(C)(C)C)cc(-c2c3ccc(C(C(C)C)C(C)C)cc3cc[n+]2C)c1C.Cc1cc(C(C)C)cc(-c2c3ccc(C(C(C)C)C(C)C)cc3cc[n+]2C)c1C.Cc1ccc(C(C)(C)C)cc1-c1c2ccc(C(C(C)C)C(C)C)cc2cc[n+]1C. The van der Waals surface area contributed by atoms with Gasteiger partial charge in [0.15, 0.2) is 24.8 Å². The molecule has 0 spiro atoms. The van der Waals surface area contributed by atoms with E-state index < -0.39 is 0 Å². The summed E-state index contributed by atoms with van der Waals surface area (Å²) in [7, 11) is 8.69. The van der Waals surface area contributed by atoms with Crippen LogP contribution in [0.3, 0.4) is 0 Å². The van der Waals surface area contributed by atoms with Crippen LogP contribution in [0.25, 0.3) is 88.1 Å². The Bertz CT molecular complexity index is 5520. The predicted molar refractivity (Wildman–Crippen MR) is 520 cm³/mol. The van der Waals surface area contributed by atoms with Crippen LogP contribution in [-0.2, 0) is 39.0 Å². The van der Waals surface area contributed by atoms with Crippen molar-refractivity contribution in [2.45, 2.75) is 288 Å². The maximum Gasteiger partial charge on any atom is 0.220 e. The second kappa shape index (κ2) is 38.6. The average Bonchev–Trinajstić information content (AvgIpc) is 0.775. The standard InChI is InChI=1S/C30H42N.C29H40N.2C28H38N/c1-18(2)25-16-27(19(3)4)22(9)28(17-25)30-26-12-11-24(29(20(5)6)21(7)8)15-23(26)13-14-31(30)10;1-18(2)27(19(3)4)23-11-12-25-22(16-23)13-14-30(10)28(25)26-17-24(29(7,8)9)15-20(5)21(26)6;1-18(2)26(19(3)4)22-11-13-24-21(16-22)14-15-29(9)27(24)25-17-23(28(6,7)8)12-10-20(25)5;1-17(2)24-14-20(7)21(8)26(16-24)28-25-11-10-23(27(18(3)4)19(5)6)15-22(25)12-13-29(28)9/h11-21,29H,1-10H3;11-19,27H,1-10H3;10-19,26H,1-9H3;10-19,27H,1-9H3/q4*+1. The second-order valence-electron chi connectivity index (χ2n) is 41.8. The van der Waals surface area contributed by atoms with Gasteiger partial charge in [0, 0.05) is 29.8 Å². The van der Waals surface area contributed by atoms with Gasteiger partial charge in [-0.05, 0) is 295 Å². The van der Waals surface area contributed by atoms with Gasteiger partial charge in [-0.25, -0.2) is 18.3 Å². The van der Waals surface area contributed by atoms with Crippen molar-refractivity contribution in [3.63, 3.8) is 0 Å². The van der Waals surface area contributed by atoms with E-state index >= 15 is 0 Å². The summed E-state index contributed by atoms with van der Waals surface area (Å²) in [6, 6.07) is 59.0. The molecule has 0 saturated heterocycles. The van der Waals surface area contributed by atoms with E-state index in [4.69, 9.17) is 0 Å². The highest BCUT2D eigenvalue weighted by Crippen LogP contribution is 2.44. The Kier molecular flexibility index (Phi) is 30.6. The zero-order chi connectivity index (χ0) is 88.4. The molecule has 8 aromatic carbocycles. The first kappa shape index (κ1) is 94.3. The fourth-order valence-electron chi connectivity index (χ4n) is 20.2. The fraction of sp³-hybridized carbons (Fsp3) is 0.478. The van der Waals surface area contributed by atoms with Crippen molar-refractivity contribution in [1.82, 2.24) is 0 Å². The molecular formula is C115H158N4+4. The molecule has 4 heterocycles. The fourth-order valence-corrected chi connectivity index (χ4v) is 20.2. The number of aryl methyl sites for hydroxylation is 7. The first-order valence-electron chi connectivity index (χ1n) is 45.7. The maximum absolute atomic E-state index is 2.44. The number of nitrogens with zero attached hydrogens (tertiary/aromatic N) is 4. The van der Waals surface area contributed by atoms with Gasteiger partial charge in [-0.15, -0.1) is 0 Å². The van der Waals surface area contributed by atoms with Crippen LogP contribution in [0.4, 0.5) is 0 Å². The van der Waals surface area contributed by atoms with Crippen molar-refractivity contribution in [1.29, 1.82) is 0 Å². The Hall–Kier alpha value is -8.60. The van der Waals surface area contributed by atoms with Gasteiger partial charge in [0.1, 0.15) is 28.2 Å². The van der Waals surface area contributed by atoms with Crippen LogP contribution in [0.15, 0.2) is 176 Å². The minimum absolute atomic E-state index is 0.130. The topological polar surface area (TPSA) is 15.5 Å². The molecule has 0 saturated carbocycles. The zero-order valence-corrected chi connectivity index (χ0v) is 81.7.